The summed E-state index contributed by atoms with van der Waals surface area (Å²) in [6.07, 6.45) is 1.81. The van der Waals surface area contributed by atoms with Crippen molar-refractivity contribution >= 4 is 0 Å². The largest absolute Gasteiger partial charge is 0.497 e. The van der Waals surface area contributed by atoms with Crippen LogP contribution in [0.5, 0.6) is 5.75 Å². The fraction of sp³-hybridized carbons (Fsp3) is 0.308. The third kappa shape index (κ3) is 2.22. The van der Waals surface area contributed by atoms with E-state index in [0.717, 1.165) is 11.3 Å². The Morgan fingerprint density at radius 2 is 2.11 bits per heavy atom. The zero-order valence-corrected chi connectivity index (χ0v) is 10.6. The summed E-state index contributed by atoms with van der Waals surface area (Å²) in [6, 6.07) is 4.15. The predicted molar refractivity (Wildman–Crippen MR) is 66.9 cm³/mol. The SMILES string of the molecule is COc1ccc(C(N)c2cn(C)nc2C)c(F)c1. The molecule has 0 amide bonds. The van der Waals surface area contributed by atoms with Gasteiger partial charge < -0.3 is 10.5 Å². The lowest BCUT2D eigenvalue weighted by Crippen LogP contribution is -2.14. The Hall–Kier alpha value is -1.88. The zero-order valence-electron chi connectivity index (χ0n) is 10.6. The average Bonchev–Trinajstić information content (AvgIpc) is 2.67. The molecule has 5 heteroatoms. The highest BCUT2D eigenvalue weighted by Gasteiger charge is 2.18. The number of aromatic nitrogens is 2. The van der Waals surface area contributed by atoms with Gasteiger partial charge in [0.15, 0.2) is 0 Å². The van der Waals surface area contributed by atoms with Crippen molar-refractivity contribution in [3.05, 3.63) is 47.0 Å². The molecule has 0 bridgehead atoms. The molecule has 2 rings (SSSR count). The number of ether oxygens (including phenoxy) is 1. The number of rotatable bonds is 3. The van der Waals surface area contributed by atoms with E-state index < -0.39 is 6.04 Å². The number of aryl methyl sites for hydroxylation is 2. The minimum atomic E-state index is -0.524. The molecule has 1 aromatic carbocycles. The van der Waals surface area contributed by atoms with Gasteiger partial charge in [-0.2, -0.15) is 5.10 Å². The van der Waals surface area contributed by atoms with Crippen LogP contribution in [0.25, 0.3) is 0 Å². The average molecular weight is 249 g/mol. The quantitative estimate of drug-likeness (QED) is 0.904. The smallest absolute Gasteiger partial charge is 0.132 e. The molecule has 18 heavy (non-hydrogen) atoms. The molecule has 1 aromatic heterocycles. The first-order chi connectivity index (χ1) is 8.52. The van der Waals surface area contributed by atoms with Crippen LogP contribution in [0.3, 0.4) is 0 Å². The van der Waals surface area contributed by atoms with Crippen LogP contribution in [0.15, 0.2) is 24.4 Å². The fourth-order valence-electron chi connectivity index (χ4n) is 1.98. The first-order valence-electron chi connectivity index (χ1n) is 5.62. The lowest BCUT2D eigenvalue weighted by atomic mass is 10.00. The normalized spacial score (nSPS) is 12.5. The van der Waals surface area contributed by atoms with E-state index in [9.17, 15) is 4.39 Å². The molecule has 0 aliphatic rings. The highest BCUT2D eigenvalue weighted by atomic mass is 19.1. The lowest BCUT2D eigenvalue weighted by Gasteiger charge is -2.13. The molecule has 0 spiro atoms. The van der Waals surface area contributed by atoms with Crippen LogP contribution in [0, 0.1) is 12.7 Å². The Bertz CT molecular complexity index is 565. The van der Waals surface area contributed by atoms with Crippen LogP contribution in [-0.2, 0) is 7.05 Å². The molecule has 1 unspecified atom stereocenters. The van der Waals surface area contributed by atoms with E-state index in [1.807, 2.05) is 20.2 Å². The number of benzene rings is 1. The molecular formula is C13H16FN3O. The van der Waals surface area contributed by atoms with Gasteiger partial charge in [0.1, 0.15) is 11.6 Å². The van der Waals surface area contributed by atoms with Crippen LogP contribution in [-0.4, -0.2) is 16.9 Å². The molecule has 0 radical (unpaired) electrons. The van der Waals surface area contributed by atoms with Gasteiger partial charge in [0, 0.05) is 30.4 Å². The summed E-state index contributed by atoms with van der Waals surface area (Å²) in [6.45, 7) is 1.86. The maximum atomic E-state index is 13.9. The molecule has 1 atom stereocenters. The maximum Gasteiger partial charge on any atom is 0.132 e. The van der Waals surface area contributed by atoms with Crippen LogP contribution in [0.2, 0.25) is 0 Å². The molecule has 0 aliphatic carbocycles. The minimum absolute atomic E-state index is 0.370. The van der Waals surface area contributed by atoms with Crippen molar-refractivity contribution in [2.75, 3.05) is 7.11 Å². The van der Waals surface area contributed by atoms with Crippen molar-refractivity contribution in [3.8, 4) is 5.75 Å². The highest BCUT2D eigenvalue weighted by molar-refractivity contribution is 5.36. The second-order valence-corrected chi connectivity index (χ2v) is 4.21. The molecule has 2 N–H and O–H groups in total. The standard InChI is InChI=1S/C13H16FN3O/c1-8-11(7-17(2)16-8)13(15)10-5-4-9(18-3)6-12(10)14/h4-7,13H,15H2,1-3H3. The second kappa shape index (κ2) is 4.78. The van der Waals surface area contributed by atoms with E-state index in [1.54, 1.807) is 16.8 Å². The number of halogens is 1. The summed E-state index contributed by atoms with van der Waals surface area (Å²) >= 11 is 0. The molecular weight excluding hydrogens is 233 g/mol. The summed E-state index contributed by atoms with van der Waals surface area (Å²) in [5.41, 5.74) is 8.15. The summed E-state index contributed by atoms with van der Waals surface area (Å²) in [7, 11) is 3.31. The fourth-order valence-corrected chi connectivity index (χ4v) is 1.98. The van der Waals surface area contributed by atoms with E-state index in [1.165, 1.54) is 13.2 Å². The van der Waals surface area contributed by atoms with Gasteiger partial charge in [0.05, 0.1) is 18.8 Å². The summed E-state index contributed by atoms with van der Waals surface area (Å²) in [5.74, 6) is 0.108. The van der Waals surface area contributed by atoms with Crippen LogP contribution < -0.4 is 10.5 Å². The van der Waals surface area contributed by atoms with Crippen LogP contribution in [0.4, 0.5) is 4.39 Å². The van der Waals surface area contributed by atoms with E-state index in [2.05, 4.69) is 5.10 Å². The van der Waals surface area contributed by atoms with Crippen molar-refractivity contribution in [3.63, 3.8) is 0 Å². The van der Waals surface area contributed by atoms with E-state index in [0.29, 0.717) is 11.3 Å². The van der Waals surface area contributed by atoms with Gasteiger partial charge >= 0.3 is 0 Å². The number of nitrogens with zero attached hydrogens (tertiary/aromatic N) is 2. The third-order valence-corrected chi connectivity index (χ3v) is 2.93. The molecule has 0 saturated carbocycles. The molecule has 4 nitrogen and oxygen atoms in total. The Morgan fingerprint density at radius 3 is 2.61 bits per heavy atom. The maximum absolute atomic E-state index is 13.9. The molecule has 0 aliphatic heterocycles. The van der Waals surface area contributed by atoms with Gasteiger partial charge in [0.2, 0.25) is 0 Å². The predicted octanol–water partition coefficient (Wildman–Crippen LogP) is 1.92. The number of nitrogens with two attached hydrogens (primary N) is 1. The molecule has 2 aromatic rings. The lowest BCUT2D eigenvalue weighted by molar-refractivity contribution is 0.410. The summed E-state index contributed by atoms with van der Waals surface area (Å²) in [5, 5.41) is 4.21. The van der Waals surface area contributed by atoms with Gasteiger partial charge in [-0.3, -0.25) is 4.68 Å². The van der Waals surface area contributed by atoms with Crippen molar-refractivity contribution in [1.29, 1.82) is 0 Å². The van der Waals surface area contributed by atoms with Crippen LogP contribution in [0.1, 0.15) is 22.9 Å². The molecule has 0 saturated heterocycles. The Balaban J connectivity index is 2.39. The van der Waals surface area contributed by atoms with Gasteiger partial charge in [-0.25, -0.2) is 4.39 Å². The van der Waals surface area contributed by atoms with E-state index in [4.69, 9.17) is 10.5 Å². The Labute approximate surface area is 105 Å². The van der Waals surface area contributed by atoms with Crippen molar-refractivity contribution in [2.45, 2.75) is 13.0 Å². The number of hydrogen-bond acceptors (Lipinski definition) is 3. The Kier molecular flexibility index (Phi) is 3.34. The molecule has 1 heterocycles. The highest BCUT2D eigenvalue weighted by Crippen LogP contribution is 2.26. The second-order valence-electron chi connectivity index (χ2n) is 4.21. The van der Waals surface area contributed by atoms with E-state index >= 15 is 0 Å². The number of hydrogen-bond donors (Lipinski definition) is 1. The summed E-state index contributed by atoms with van der Waals surface area (Å²) < 4.78 is 20.6. The van der Waals surface area contributed by atoms with Gasteiger partial charge in [-0.15, -0.1) is 0 Å². The van der Waals surface area contributed by atoms with E-state index in [-0.39, 0.29) is 5.82 Å². The third-order valence-electron chi connectivity index (χ3n) is 2.93. The van der Waals surface area contributed by atoms with Gasteiger partial charge in [-0.05, 0) is 13.0 Å². The molecule has 0 fully saturated rings. The monoisotopic (exact) mass is 249 g/mol. The molecule has 96 valence electrons. The minimum Gasteiger partial charge on any atom is -0.497 e. The number of methoxy groups -OCH3 is 1. The zero-order chi connectivity index (χ0) is 13.3. The first kappa shape index (κ1) is 12.6. The topological polar surface area (TPSA) is 53.1 Å². The van der Waals surface area contributed by atoms with Crippen molar-refractivity contribution in [2.24, 2.45) is 12.8 Å². The van der Waals surface area contributed by atoms with Gasteiger partial charge in [0.25, 0.3) is 0 Å². The van der Waals surface area contributed by atoms with Gasteiger partial charge in [-0.1, -0.05) is 6.07 Å². The van der Waals surface area contributed by atoms with Crippen LogP contribution >= 0.6 is 0 Å². The Morgan fingerprint density at radius 1 is 1.39 bits per heavy atom. The van der Waals surface area contributed by atoms with Crippen molar-refractivity contribution in [1.82, 2.24) is 9.78 Å². The summed E-state index contributed by atoms with van der Waals surface area (Å²) in [4.78, 5) is 0. The van der Waals surface area contributed by atoms with Crippen molar-refractivity contribution < 1.29 is 9.13 Å². The first-order valence-corrected chi connectivity index (χ1v) is 5.62.